The third-order valence-electron chi connectivity index (χ3n) is 6.42. The van der Waals surface area contributed by atoms with Gasteiger partial charge in [0, 0.05) is 38.3 Å². The maximum Gasteiger partial charge on any atom is 0.490 e. The summed E-state index contributed by atoms with van der Waals surface area (Å²) in [5.74, 6) is -4.13. The van der Waals surface area contributed by atoms with E-state index in [1.807, 2.05) is 17.9 Å². The number of aromatic carboxylic acids is 1. The lowest BCUT2D eigenvalue weighted by atomic mass is 10.1. The first-order valence-electron chi connectivity index (χ1n) is 12.6. The lowest BCUT2D eigenvalue weighted by molar-refractivity contribution is -0.192. The minimum absolute atomic E-state index is 0.00901. The molecule has 3 aromatic rings. The number of carbonyl (C=O) groups is 2. The van der Waals surface area contributed by atoms with Crippen molar-refractivity contribution in [1.82, 2.24) is 4.90 Å². The number of nitrogens with zero attached hydrogens (tertiary/aromatic N) is 2. The molecule has 1 aliphatic rings. The molecule has 0 amide bonds. The molecule has 0 spiro atoms. The number of halogens is 4. The molecule has 42 heavy (non-hydrogen) atoms. The molecule has 3 N–H and O–H groups in total. The molecule has 0 atom stereocenters. The predicted octanol–water partition coefficient (Wildman–Crippen LogP) is 4.90. The third kappa shape index (κ3) is 8.42. The SMILES string of the molecule is Cc1ccc(S(=O)(=O)Nc2cc(C(=O)O)ccc2N2CCN(Cc3ccccc3F)CC2)c(C)c1.O=C(O)C(F)(F)F. The summed E-state index contributed by atoms with van der Waals surface area (Å²) >= 11 is 0. The van der Waals surface area contributed by atoms with Gasteiger partial charge in [-0.05, 0) is 49.7 Å². The second-order valence-corrected chi connectivity index (χ2v) is 11.2. The molecule has 14 heteroatoms. The lowest BCUT2D eigenvalue weighted by Gasteiger charge is -2.37. The molecule has 226 valence electrons. The van der Waals surface area contributed by atoms with Gasteiger partial charge in [-0.15, -0.1) is 0 Å². The van der Waals surface area contributed by atoms with E-state index in [0.717, 1.165) is 5.56 Å². The Hall–Kier alpha value is -4.17. The smallest absolute Gasteiger partial charge is 0.478 e. The Kier molecular flexibility index (Phi) is 10.2. The van der Waals surface area contributed by atoms with E-state index in [4.69, 9.17) is 9.90 Å². The van der Waals surface area contributed by atoms with Gasteiger partial charge in [0.05, 0.1) is 21.8 Å². The van der Waals surface area contributed by atoms with E-state index >= 15 is 0 Å². The number of carboxylic acids is 2. The van der Waals surface area contributed by atoms with E-state index in [9.17, 15) is 35.9 Å². The number of sulfonamides is 1. The van der Waals surface area contributed by atoms with Crippen molar-refractivity contribution < 1.29 is 45.8 Å². The number of aliphatic carboxylic acids is 1. The Bertz CT molecular complexity index is 1560. The molecule has 1 fully saturated rings. The number of rotatable bonds is 7. The molecule has 0 unspecified atom stereocenters. The fraction of sp³-hybridized carbons (Fsp3) is 0.286. The summed E-state index contributed by atoms with van der Waals surface area (Å²) in [6, 6.07) is 16.2. The first-order valence-corrected chi connectivity index (χ1v) is 14.0. The van der Waals surface area contributed by atoms with Crippen molar-refractivity contribution in [3.05, 3.63) is 88.7 Å². The maximum absolute atomic E-state index is 14.0. The monoisotopic (exact) mass is 611 g/mol. The van der Waals surface area contributed by atoms with Crippen LogP contribution in [-0.2, 0) is 21.4 Å². The third-order valence-corrected chi connectivity index (χ3v) is 7.94. The van der Waals surface area contributed by atoms with E-state index in [0.29, 0.717) is 49.5 Å². The van der Waals surface area contributed by atoms with Crippen LogP contribution in [0.25, 0.3) is 0 Å². The summed E-state index contributed by atoms with van der Waals surface area (Å²) in [5.41, 5.74) is 3.00. The van der Waals surface area contributed by atoms with Gasteiger partial charge in [0.25, 0.3) is 10.0 Å². The average Bonchev–Trinajstić information content (AvgIpc) is 2.90. The van der Waals surface area contributed by atoms with Gasteiger partial charge in [0.2, 0.25) is 0 Å². The molecule has 3 aromatic carbocycles. The molecule has 0 saturated carbocycles. The second kappa shape index (κ2) is 13.2. The first kappa shape index (κ1) is 32.3. The van der Waals surface area contributed by atoms with Crippen LogP contribution in [0, 0.1) is 19.7 Å². The van der Waals surface area contributed by atoms with Crippen LogP contribution in [0.4, 0.5) is 28.9 Å². The van der Waals surface area contributed by atoms with Crippen LogP contribution >= 0.6 is 0 Å². The minimum atomic E-state index is -5.08. The van der Waals surface area contributed by atoms with Gasteiger partial charge in [-0.25, -0.2) is 22.4 Å². The highest BCUT2D eigenvalue weighted by atomic mass is 32.2. The van der Waals surface area contributed by atoms with Gasteiger partial charge >= 0.3 is 18.1 Å². The number of piperazine rings is 1. The molecule has 4 rings (SSSR count). The van der Waals surface area contributed by atoms with Crippen LogP contribution in [0.1, 0.15) is 27.0 Å². The van der Waals surface area contributed by atoms with Crippen LogP contribution in [0.15, 0.2) is 65.6 Å². The number of hydrogen-bond acceptors (Lipinski definition) is 6. The van der Waals surface area contributed by atoms with Crippen LogP contribution in [-0.4, -0.2) is 67.8 Å². The highest BCUT2D eigenvalue weighted by Crippen LogP contribution is 2.31. The summed E-state index contributed by atoms with van der Waals surface area (Å²) in [7, 11) is -3.94. The van der Waals surface area contributed by atoms with Crippen LogP contribution in [0.5, 0.6) is 0 Å². The molecule has 9 nitrogen and oxygen atoms in total. The zero-order valence-corrected chi connectivity index (χ0v) is 23.5. The summed E-state index contributed by atoms with van der Waals surface area (Å²) in [6.07, 6.45) is -5.08. The number of anilines is 2. The van der Waals surface area contributed by atoms with Gasteiger partial charge in [-0.2, -0.15) is 13.2 Å². The minimum Gasteiger partial charge on any atom is -0.478 e. The van der Waals surface area contributed by atoms with Crippen molar-refractivity contribution in [3.63, 3.8) is 0 Å². The Morgan fingerprint density at radius 3 is 2.10 bits per heavy atom. The summed E-state index contributed by atoms with van der Waals surface area (Å²) in [6.45, 7) is 6.57. The average molecular weight is 612 g/mol. The normalized spacial score (nSPS) is 14.1. The molecule has 1 saturated heterocycles. The molecule has 0 aliphatic carbocycles. The second-order valence-electron chi connectivity index (χ2n) is 9.57. The molecule has 0 aromatic heterocycles. The van der Waals surface area contributed by atoms with Gasteiger partial charge in [0.15, 0.2) is 0 Å². The van der Waals surface area contributed by atoms with Crippen molar-refractivity contribution >= 4 is 33.3 Å². The standard InChI is InChI=1S/C26H28FN3O4S.C2HF3O2/c1-18-7-10-25(19(2)15-18)35(33,34)28-23-16-20(26(31)32)8-9-24(23)30-13-11-29(12-14-30)17-21-5-3-4-6-22(21)27;3-2(4,5)1(6)7/h3-10,15-16,28H,11-14,17H2,1-2H3,(H,31,32);(H,6,7). The van der Waals surface area contributed by atoms with Crippen LogP contribution in [0.3, 0.4) is 0 Å². The van der Waals surface area contributed by atoms with Crippen molar-refractivity contribution in [1.29, 1.82) is 0 Å². The van der Waals surface area contributed by atoms with Crippen molar-refractivity contribution in [2.75, 3.05) is 35.8 Å². The molecule has 0 radical (unpaired) electrons. The number of hydrogen-bond donors (Lipinski definition) is 3. The van der Waals surface area contributed by atoms with Crippen LogP contribution in [0.2, 0.25) is 0 Å². The Morgan fingerprint density at radius 2 is 1.55 bits per heavy atom. The quantitative estimate of drug-likeness (QED) is 0.322. The lowest BCUT2D eigenvalue weighted by Crippen LogP contribution is -2.46. The van der Waals surface area contributed by atoms with Gasteiger partial charge < -0.3 is 15.1 Å². The molecular formula is C28H29F4N3O6S. The van der Waals surface area contributed by atoms with Crippen molar-refractivity contribution in [2.45, 2.75) is 31.5 Å². The van der Waals surface area contributed by atoms with Crippen molar-refractivity contribution in [2.24, 2.45) is 0 Å². The Morgan fingerprint density at radius 1 is 0.929 bits per heavy atom. The molecule has 1 aliphatic heterocycles. The van der Waals surface area contributed by atoms with Gasteiger partial charge in [-0.3, -0.25) is 9.62 Å². The highest BCUT2D eigenvalue weighted by Gasteiger charge is 2.38. The predicted molar refractivity (Wildman–Crippen MR) is 148 cm³/mol. The summed E-state index contributed by atoms with van der Waals surface area (Å²) in [5, 5.41) is 16.6. The largest absolute Gasteiger partial charge is 0.490 e. The highest BCUT2D eigenvalue weighted by molar-refractivity contribution is 7.92. The number of alkyl halides is 3. The maximum atomic E-state index is 14.0. The fourth-order valence-corrected chi connectivity index (χ4v) is 5.63. The Balaban J connectivity index is 0.000000616. The summed E-state index contributed by atoms with van der Waals surface area (Å²) in [4.78, 5) is 24.8. The van der Waals surface area contributed by atoms with Gasteiger partial charge in [-0.1, -0.05) is 35.9 Å². The number of aryl methyl sites for hydroxylation is 2. The van der Waals surface area contributed by atoms with E-state index < -0.39 is 28.1 Å². The topological polar surface area (TPSA) is 127 Å². The van der Waals surface area contributed by atoms with Crippen molar-refractivity contribution in [3.8, 4) is 0 Å². The molecular weight excluding hydrogens is 582 g/mol. The van der Waals surface area contributed by atoms with Crippen LogP contribution < -0.4 is 9.62 Å². The van der Waals surface area contributed by atoms with E-state index in [2.05, 4.69) is 9.62 Å². The first-order chi connectivity index (χ1) is 19.6. The van der Waals surface area contributed by atoms with E-state index in [1.165, 1.54) is 18.2 Å². The van der Waals surface area contributed by atoms with E-state index in [1.54, 1.807) is 43.3 Å². The molecule has 1 heterocycles. The summed E-state index contributed by atoms with van der Waals surface area (Å²) < 4.78 is 74.8. The molecule has 0 bridgehead atoms. The fourth-order valence-electron chi connectivity index (χ4n) is 4.34. The zero-order valence-electron chi connectivity index (χ0n) is 22.7. The number of benzene rings is 3. The number of carboxylic acid groups (broad SMARTS) is 2. The van der Waals surface area contributed by atoms with Gasteiger partial charge in [0.1, 0.15) is 5.82 Å². The number of nitrogens with one attached hydrogen (secondary N) is 1. The van der Waals surface area contributed by atoms with E-state index in [-0.39, 0.29) is 22.0 Å². The Labute approximate surface area is 240 Å². The zero-order chi connectivity index (χ0) is 31.2.